The van der Waals surface area contributed by atoms with Crippen molar-refractivity contribution in [2.75, 3.05) is 24.5 Å². The van der Waals surface area contributed by atoms with Crippen molar-refractivity contribution in [3.63, 3.8) is 0 Å². The first-order chi connectivity index (χ1) is 20.9. The second-order valence-electron chi connectivity index (χ2n) is 11.4. The zero-order chi connectivity index (χ0) is 31.5. The number of urea groups is 1. The number of phenolic OH excluding ortho intramolecular Hbond substituents is 1. The van der Waals surface area contributed by atoms with Gasteiger partial charge < -0.3 is 19.9 Å². The molecule has 3 aliphatic rings. The highest BCUT2D eigenvalue weighted by Gasteiger charge is 2.39. The second kappa shape index (κ2) is 11.6. The lowest BCUT2D eigenvalue weighted by Crippen LogP contribution is -2.49. The van der Waals surface area contributed by atoms with Gasteiger partial charge in [-0.2, -0.15) is 0 Å². The number of phenols is 1. The molecular weight excluding hydrogens is 633 g/mol. The molecule has 0 unspecified atom stereocenters. The van der Waals surface area contributed by atoms with E-state index in [2.05, 4.69) is 4.98 Å². The lowest BCUT2D eigenvalue weighted by molar-refractivity contribution is 0.0121. The number of alkyl halides is 2. The number of H-pyrrole nitrogens is 1. The second-order valence-corrected chi connectivity index (χ2v) is 13.3. The molecule has 13 heteroatoms. The number of aromatic amines is 1. The summed E-state index contributed by atoms with van der Waals surface area (Å²) in [5, 5.41) is 12.0. The Hall–Kier alpha value is -3.28. The van der Waals surface area contributed by atoms with E-state index < -0.39 is 23.1 Å². The van der Waals surface area contributed by atoms with Gasteiger partial charge >= 0.3 is 6.03 Å². The predicted molar refractivity (Wildman–Crippen MR) is 165 cm³/mol. The smallest absolute Gasteiger partial charge is 0.324 e. The molecule has 3 aromatic rings. The standard InChI is InChI=1S/C31H30Cl2F2N4O4S/c1-3-37-10-5-11-39(30(37)43)21-12-17-14-38(15-18(17)24(26(21)40)16-8-9-16)29(42)25-22(13-23(31(2,34)35)36-28(25)41)44-27-19(32)6-4-7-20(27)33/h4,6-7,12-13,16,40H,3,5,8-11,14-15H2,1-2H3,(H,36,41). The first kappa shape index (κ1) is 30.7. The fraction of sp³-hybridized carbons (Fsp3) is 0.387. The number of aromatic hydroxyl groups is 1. The van der Waals surface area contributed by atoms with Gasteiger partial charge in [-0.15, -0.1) is 0 Å². The fourth-order valence-corrected chi connectivity index (χ4v) is 7.56. The molecule has 0 bridgehead atoms. The van der Waals surface area contributed by atoms with Crippen molar-refractivity contribution < 1.29 is 23.5 Å². The maximum absolute atomic E-state index is 14.4. The number of rotatable bonds is 7. The van der Waals surface area contributed by atoms with Crippen molar-refractivity contribution in [3.8, 4) is 5.75 Å². The molecule has 1 saturated carbocycles. The van der Waals surface area contributed by atoms with Crippen molar-refractivity contribution in [2.24, 2.45) is 0 Å². The van der Waals surface area contributed by atoms with Gasteiger partial charge in [-0.1, -0.05) is 41.0 Å². The number of pyridine rings is 1. The number of nitrogens with zero attached hydrogens (tertiary/aromatic N) is 3. The number of halogens is 4. The van der Waals surface area contributed by atoms with E-state index in [1.807, 2.05) is 6.92 Å². The van der Waals surface area contributed by atoms with Crippen LogP contribution in [0.5, 0.6) is 5.75 Å². The molecule has 1 saturated heterocycles. The number of hydrogen-bond acceptors (Lipinski definition) is 5. The zero-order valence-corrected chi connectivity index (χ0v) is 26.4. The Kier molecular flexibility index (Phi) is 8.09. The predicted octanol–water partition coefficient (Wildman–Crippen LogP) is 7.34. The van der Waals surface area contributed by atoms with Crippen LogP contribution in [0.3, 0.4) is 0 Å². The summed E-state index contributed by atoms with van der Waals surface area (Å²) in [6.45, 7) is 4.45. The normalized spacial score (nSPS) is 17.0. The Morgan fingerprint density at radius 2 is 1.84 bits per heavy atom. The van der Waals surface area contributed by atoms with Crippen molar-refractivity contribution in [2.45, 2.75) is 67.8 Å². The minimum Gasteiger partial charge on any atom is -0.505 e. The van der Waals surface area contributed by atoms with Gasteiger partial charge in [0.05, 0.1) is 21.4 Å². The molecule has 2 N–H and O–H groups in total. The van der Waals surface area contributed by atoms with Crippen molar-refractivity contribution in [1.29, 1.82) is 0 Å². The van der Waals surface area contributed by atoms with Crippen LogP contribution in [0.1, 0.15) is 71.8 Å². The van der Waals surface area contributed by atoms with E-state index >= 15 is 0 Å². The summed E-state index contributed by atoms with van der Waals surface area (Å²) >= 11 is 13.6. The van der Waals surface area contributed by atoms with E-state index in [9.17, 15) is 28.3 Å². The maximum Gasteiger partial charge on any atom is 0.324 e. The molecule has 8 nitrogen and oxygen atoms in total. The molecule has 1 aliphatic carbocycles. The van der Waals surface area contributed by atoms with Crippen LogP contribution in [0.15, 0.2) is 44.9 Å². The summed E-state index contributed by atoms with van der Waals surface area (Å²) < 4.78 is 28.7. The van der Waals surface area contributed by atoms with Crippen LogP contribution in [-0.4, -0.2) is 51.5 Å². The van der Waals surface area contributed by atoms with E-state index in [0.29, 0.717) is 37.1 Å². The van der Waals surface area contributed by atoms with Gasteiger partial charge in [0.2, 0.25) is 0 Å². The summed E-state index contributed by atoms with van der Waals surface area (Å²) in [4.78, 5) is 47.9. The third kappa shape index (κ3) is 5.54. The van der Waals surface area contributed by atoms with Crippen molar-refractivity contribution in [1.82, 2.24) is 14.8 Å². The molecule has 3 heterocycles. The van der Waals surface area contributed by atoms with Crippen molar-refractivity contribution in [3.05, 3.63) is 78.7 Å². The molecule has 2 aromatic carbocycles. The number of carbonyl (C=O) groups excluding carboxylic acids is 2. The summed E-state index contributed by atoms with van der Waals surface area (Å²) in [7, 11) is 0. The van der Waals surface area contributed by atoms with Gasteiger partial charge in [-0.3, -0.25) is 14.5 Å². The number of nitrogens with one attached hydrogen (secondary N) is 1. The summed E-state index contributed by atoms with van der Waals surface area (Å²) in [6, 6.07) is 7.44. The zero-order valence-electron chi connectivity index (χ0n) is 24.1. The lowest BCUT2D eigenvalue weighted by atomic mass is 9.96. The van der Waals surface area contributed by atoms with Gasteiger partial charge in [0.25, 0.3) is 17.4 Å². The van der Waals surface area contributed by atoms with Gasteiger partial charge in [0, 0.05) is 55.0 Å². The van der Waals surface area contributed by atoms with Crippen LogP contribution in [0, 0.1) is 0 Å². The first-order valence-electron chi connectivity index (χ1n) is 14.4. The molecule has 44 heavy (non-hydrogen) atoms. The molecule has 1 aromatic heterocycles. The quantitative estimate of drug-likeness (QED) is 0.276. The van der Waals surface area contributed by atoms with Crippen LogP contribution in [0.4, 0.5) is 19.3 Å². The number of fused-ring (bicyclic) bond motifs is 1. The molecule has 2 fully saturated rings. The Balaban J connectivity index is 1.40. The summed E-state index contributed by atoms with van der Waals surface area (Å²) in [6.07, 6.45) is 2.50. The van der Waals surface area contributed by atoms with Crippen LogP contribution < -0.4 is 10.5 Å². The molecular formula is C31H30Cl2F2N4O4S. The first-order valence-corrected chi connectivity index (χ1v) is 16.0. The minimum absolute atomic E-state index is 0.00856. The highest BCUT2D eigenvalue weighted by atomic mass is 35.5. The van der Waals surface area contributed by atoms with E-state index in [1.165, 1.54) is 4.90 Å². The maximum atomic E-state index is 14.4. The molecule has 2 aliphatic heterocycles. The van der Waals surface area contributed by atoms with Gasteiger partial charge in [0.1, 0.15) is 11.3 Å². The lowest BCUT2D eigenvalue weighted by Gasteiger charge is -2.35. The van der Waals surface area contributed by atoms with E-state index in [0.717, 1.165) is 53.8 Å². The van der Waals surface area contributed by atoms with Crippen molar-refractivity contribution >= 4 is 52.6 Å². The van der Waals surface area contributed by atoms with E-state index in [1.54, 1.807) is 34.1 Å². The highest BCUT2D eigenvalue weighted by molar-refractivity contribution is 7.99. The molecule has 6 rings (SSSR count). The number of hydrogen-bond donors (Lipinski definition) is 2. The fourth-order valence-electron chi connectivity index (χ4n) is 5.92. The molecule has 0 radical (unpaired) electrons. The van der Waals surface area contributed by atoms with E-state index in [-0.39, 0.29) is 51.3 Å². The molecule has 0 spiro atoms. The minimum atomic E-state index is -3.38. The summed E-state index contributed by atoms with van der Waals surface area (Å²) in [5.41, 5.74) is 0.782. The third-order valence-corrected chi connectivity index (χ3v) is 10.3. The topological polar surface area (TPSA) is 96.9 Å². The average molecular weight is 664 g/mol. The Morgan fingerprint density at radius 3 is 2.48 bits per heavy atom. The van der Waals surface area contributed by atoms with Gasteiger partial charge in [0.15, 0.2) is 0 Å². The van der Waals surface area contributed by atoms with E-state index in [4.69, 9.17) is 23.2 Å². The number of aromatic nitrogens is 1. The largest absolute Gasteiger partial charge is 0.505 e. The monoisotopic (exact) mass is 662 g/mol. The Labute approximate surface area is 266 Å². The number of amides is 3. The SMILES string of the molecule is CCN1CCCN(c2cc3c(c(C4CC4)c2O)CN(C(=O)c2c(Sc4c(Cl)cccc4Cl)cc(C(C)(F)F)[nH]c2=O)C3)C1=O. The summed E-state index contributed by atoms with van der Waals surface area (Å²) in [5.74, 6) is -3.89. The number of anilines is 1. The van der Waals surface area contributed by atoms with Crippen LogP contribution in [0.2, 0.25) is 10.0 Å². The van der Waals surface area contributed by atoms with Crippen LogP contribution in [-0.2, 0) is 19.0 Å². The Bertz CT molecular complexity index is 1720. The van der Waals surface area contributed by atoms with Gasteiger partial charge in [-0.25, -0.2) is 13.6 Å². The average Bonchev–Trinajstić information content (AvgIpc) is 3.71. The third-order valence-electron chi connectivity index (χ3n) is 8.30. The molecule has 0 atom stereocenters. The number of carbonyl (C=O) groups is 2. The highest BCUT2D eigenvalue weighted by Crippen LogP contribution is 2.52. The number of benzene rings is 2. The molecule has 232 valence electrons. The molecule has 3 amide bonds. The Morgan fingerprint density at radius 1 is 1.14 bits per heavy atom. The van der Waals surface area contributed by atoms with Crippen LogP contribution in [0.25, 0.3) is 0 Å². The van der Waals surface area contributed by atoms with Crippen LogP contribution >= 0.6 is 35.0 Å². The van der Waals surface area contributed by atoms with Gasteiger partial charge in [-0.05, 0) is 67.5 Å².